The highest BCUT2D eigenvalue weighted by atomic mass is 16.1. The summed E-state index contributed by atoms with van der Waals surface area (Å²) in [5.74, 6) is 0. The Bertz CT molecular complexity index is 235. The third kappa shape index (κ3) is 8.28. The van der Waals surface area contributed by atoms with Crippen LogP contribution in [-0.2, 0) is 4.79 Å². The summed E-state index contributed by atoms with van der Waals surface area (Å²) < 4.78 is 0. The Morgan fingerprint density at radius 2 is 1.84 bits per heavy atom. The lowest BCUT2D eigenvalue weighted by Gasteiger charge is -2.30. The first-order valence-electron chi connectivity index (χ1n) is 8.21. The zero-order valence-corrected chi connectivity index (χ0v) is 13.8. The van der Waals surface area contributed by atoms with Crippen molar-refractivity contribution in [3.8, 4) is 0 Å². The minimum Gasteiger partial charge on any atom is -0.359 e. The van der Waals surface area contributed by atoms with Gasteiger partial charge >= 0.3 is 0 Å². The molecule has 1 fully saturated rings. The number of hydrogen-bond acceptors (Lipinski definition) is 1. The molecule has 0 saturated heterocycles. The molecule has 1 unspecified atom stereocenters. The fourth-order valence-electron chi connectivity index (χ4n) is 2.82. The van der Waals surface area contributed by atoms with Gasteiger partial charge in [0, 0.05) is 6.54 Å². The summed E-state index contributed by atoms with van der Waals surface area (Å²) in [6, 6.07) is 0. The second kappa shape index (κ2) is 9.39. The van der Waals surface area contributed by atoms with Crippen LogP contribution in [0.2, 0.25) is 0 Å². The van der Waals surface area contributed by atoms with Gasteiger partial charge in [0.05, 0.1) is 0 Å². The Hall–Kier alpha value is -0.530. The van der Waals surface area contributed by atoms with Gasteiger partial charge in [-0.1, -0.05) is 47.5 Å². The minimum atomic E-state index is 0.427. The molecular weight excluding hydrogens is 234 g/mol. The summed E-state index contributed by atoms with van der Waals surface area (Å²) in [6.07, 6.45) is 11.4. The number of nitrogens with one attached hydrogen (secondary N) is 1. The van der Waals surface area contributed by atoms with Gasteiger partial charge in [-0.25, -0.2) is 0 Å². The van der Waals surface area contributed by atoms with Crippen molar-refractivity contribution in [1.82, 2.24) is 5.32 Å². The van der Waals surface area contributed by atoms with E-state index in [0.29, 0.717) is 10.8 Å². The smallest absolute Gasteiger partial charge is 0.207 e. The van der Waals surface area contributed by atoms with Crippen LogP contribution in [0.1, 0.15) is 86.0 Å². The van der Waals surface area contributed by atoms with Gasteiger partial charge in [0.1, 0.15) is 0 Å². The maximum Gasteiger partial charge on any atom is 0.207 e. The molecule has 0 aromatic rings. The highest BCUT2D eigenvalue weighted by Crippen LogP contribution is 2.50. The van der Waals surface area contributed by atoms with E-state index in [2.05, 4.69) is 26.1 Å². The standard InChI is InChI=1S/C15H29NO.C2H6/c1-4-6-14(2,11-12-16-13-17)7-5-8-15(3)9-10-15;1-2/h13H,4-12H2,1-3H3,(H,16,17);1-2H3. The van der Waals surface area contributed by atoms with E-state index in [4.69, 9.17) is 0 Å². The second-order valence-corrected chi connectivity index (χ2v) is 6.55. The van der Waals surface area contributed by atoms with Crippen LogP contribution in [0.5, 0.6) is 0 Å². The van der Waals surface area contributed by atoms with Crippen LogP contribution < -0.4 is 5.32 Å². The molecule has 0 spiro atoms. The van der Waals surface area contributed by atoms with Crippen LogP contribution in [-0.4, -0.2) is 13.0 Å². The highest BCUT2D eigenvalue weighted by Gasteiger charge is 2.36. The largest absolute Gasteiger partial charge is 0.359 e. The predicted octanol–water partition coefficient (Wildman–Crippen LogP) is 4.93. The number of amides is 1. The zero-order valence-electron chi connectivity index (χ0n) is 13.8. The SMILES string of the molecule is CC.CCCC(C)(CCCC1(C)CC1)CCNC=O. The first-order chi connectivity index (χ1) is 9.04. The van der Waals surface area contributed by atoms with E-state index in [1.807, 2.05) is 13.8 Å². The molecule has 0 aliphatic heterocycles. The van der Waals surface area contributed by atoms with Gasteiger partial charge < -0.3 is 5.32 Å². The number of rotatable bonds is 10. The van der Waals surface area contributed by atoms with Crippen molar-refractivity contribution in [2.45, 2.75) is 86.0 Å². The lowest BCUT2D eigenvalue weighted by molar-refractivity contribution is -0.109. The van der Waals surface area contributed by atoms with E-state index < -0.39 is 0 Å². The molecule has 1 aliphatic rings. The molecule has 1 amide bonds. The average Bonchev–Trinajstić information content (AvgIpc) is 3.10. The summed E-state index contributed by atoms with van der Waals surface area (Å²) >= 11 is 0. The van der Waals surface area contributed by atoms with Crippen molar-refractivity contribution in [1.29, 1.82) is 0 Å². The molecule has 1 saturated carbocycles. The lowest BCUT2D eigenvalue weighted by atomic mass is 9.77. The van der Waals surface area contributed by atoms with Gasteiger partial charge in [0.2, 0.25) is 6.41 Å². The number of carbonyl (C=O) groups is 1. The molecule has 0 aromatic heterocycles. The molecule has 2 nitrogen and oxygen atoms in total. The number of hydrogen-bond donors (Lipinski definition) is 1. The Labute approximate surface area is 120 Å². The van der Waals surface area contributed by atoms with Gasteiger partial charge in [-0.05, 0) is 49.4 Å². The Kier molecular flexibility index (Phi) is 9.12. The van der Waals surface area contributed by atoms with Crippen LogP contribution in [0.4, 0.5) is 0 Å². The first-order valence-corrected chi connectivity index (χ1v) is 8.21. The molecule has 0 heterocycles. The summed E-state index contributed by atoms with van der Waals surface area (Å²) in [6.45, 7) is 11.9. The number of carbonyl (C=O) groups excluding carboxylic acids is 1. The molecule has 19 heavy (non-hydrogen) atoms. The topological polar surface area (TPSA) is 29.1 Å². The van der Waals surface area contributed by atoms with Crippen LogP contribution >= 0.6 is 0 Å². The Morgan fingerprint density at radius 1 is 1.21 bits per heavy atom. The summed E-state index contributed by atoms with van der Waals surface area (Å²) in [5.41, 5.74) is 1.12. The molecule has 1 rings (SSSR count). The summed E-state index contributed by atoms with van der Waals surface area (Å²) in [5, 5.41) is 2.80. The summed E-state index contributed by atoms with van der Waals surface area (Å²) in [4.78, 5) is 10.3. The van der Waals surface area contributed by atoms with E-state index in [-0.39, 0.29) is 0 Å². The first kappa shape index (κ1) is 18.5. The molecule has 1 N–H and O–H groups in total. The van der Waals surface area contributed by atoms with Crippen molar-refractivity contribution in [2.24, 2.45) is 10.8 Å². The van der Waals surface area contributed by atoms with Crippen LogP contribution in [0, 0.1) is 10.8 Å². The van der Waals surface area contributed by atoms with Crippen LogP contribution in [0.25, 0.3) is 0 Å². The molecule has 1 aliphatic carbocycles. The second-order valence-electron chi connectivity index (χ2n) is 6.55. The summed E-state index contributed by atoms with van der Waals surface area (Å²) in [7, 11) is 0. The van der Waals surface area contributed by atoms with Gasteiger partial charge in [-0.15, -0.1) is 0 Å². The molecule has 0 bridgehead atoms. The average molecular weight is 269 g/mol. The molecule has 1 atom stereocenters. The van der Waals surface area contributed by atoms with Crippen molar-refractivity contribution in [3.63, 3.8) is 0 Å². The monoisotopic (exact) mass is 269 g/mol. The molecule has 0 aromatic carbocycles. The third-order valence-corrected chi connectivity index (χ3v) is 4.47. The predicted molar refractivity (Wildman–Crippen MR) is 84.2 cm³/mol. The van der Waals surface area contributed by atoms with Crippen molar-refractivity contribution >= 4 is 6.41 Å². The van der Waals surface area contributed by atoms with Gasteiger partial charge in [-0.2, -0.15) is 0 Å². The van der Waals surface area contributed by atoms with E-state index in [9.17, 15) is 4.79 Å². The maximum absolute atomic E-state index is 10.3. The quantitative estimate of drug-likeness (QED) is 0.442. The van der Waals surface area contributed by atoms with Crippen molar-refractivity contribution in [3.05, 3.63) is 0 Å². The zero-order chi connectivity index (χ0) is 14.8. The van der Waals surface area contributed by atoms with Crippen LogP contribution in [0.3, 0.4) is 0 Å². The third-order valence-electron chi connectivity index (χ3n) is 4.47. The normalized spacial score (nSPS) is 18.8. The highest BCUT2D eigenvalue weighted by molar-refractivity contribution is 5.45. The van der Waals surface area contributed by atoms with E-state index in [0.717, 1.165) is 19.4 Å². The Balaban J connectivity index is 0.00000154. The minimum absolute atomic E-state index is 0.427. The van der Waals surface area contributed by atoms with Crippen molar-refractivity contribution in [2.75, 3.05) is 6.54 Å². The molecule has 2 heteroatoms. The van der Waals surface area contributed by atoms with Gasteiger partial charge in [0.15, 0.2) is 0 Å². The molecular formula is C17H35NO. The fourth-order valence-corrected chi connectivity index (χ4v) is 2.82. The molecule has 114 valence electrons. The maximum atomic E-state index is 10.3. The van der Waals surface area contributed by atoms with Crippen LogP contribution in [0.15, 0.2) is 0 Å². The fraction of sp³-hybridized carbons (Fsp3) is 0.941. The van der Waals surface area contributed by atoms with Crippen molar-refractivity contribution < 1.29 is 4.79 Å². The van der Waals surface area contributed by atoms with Gasteiger partial charge in [-0.3, -0.25) is 4.79 Å². The van der Waals surface area contributed by atoms with E-state index in [1.165, 1.54) is 44.9 Å². The van der Waals surface area contributed by atoms with Gasteiger partial charge in [0.25, 0.3) is 0 Å². The van der Waals surface area contributed by atoms with E-state index in [1.54, 1.807) is 0 Å². The van der Waals surface area contributed by atoms with E-state index >= 15 is 0 Å². The molecule has 0 radical (unpaired) electrons. The Morgan fingerprint density at radius 3 is 2.32 bits per heavy atom. The lowest BCUT2D eigenvalue weighted by Crippen LogP contribution is -2.24.